The fraction of sp³-hybridized carbons (Fsp3) is 0.152. The maximum atomic E-state index is 13.0. The molecule has 5 aromatic rings. The van der Waals surface area contributed by atoms with E-state index >= 15 is 0 Å². The maximum Gasteiger partial charge on any atom is 0.319 e. The minimum atomic E-state index is -0.831. The Morgan fingerprint density at radius 3 is 2.24 bits per heavy atom. The van der Waals surface area contributed by atoms with Gasteiger partial charge in [-0.1, -0.05) is 78.9 Å². The Balaban J connectivity index is 1.16. The number of fused-ring (bicyclic) bond motifs is 1. The number of carbonyl (C=O) groups excluding carboxylic acids is 1. The number of rotatable bonds is 10. The van der Waals surface area contributed by atoms with Crippen molar-refractivity contribution in [1.29, 1.82) is 0 Å². The number of nitrogens with one attached hydrogen (secondary N) is 4. The summed E-state index contributed by atoms with van der Waals surface area (Å²) in [6, 6.07) is 32.9. The van der Waals surface area contributed by atoms with Gasteiger partial charge in [-0.3, -0.25) is 4.79 Å². The van der Waals surface area contributed by atoms with Crippen molar-refractivity contribution < 1.29 is 15.0 Å². The highest BCUT2D eigenvalue weighted by Gasteiger charge is 2.17. The third-order valence-electron chi connectivity index (χ3n) is 6.92. The monoisotopic (exact) mass is 548 g/mol. The zero-order valence-electron chi connectivity index (χ0n) is 22.4. The van der Waals surface area contributed by atoms with Gasteiger partial charge in [0, 0.05) is 23.7 Å². The molecule has 41 heavy (non-hydrogen) atoms. The molecule has 4 aromatic carbocycles. The van der Waals surface area contributed by atoms with E-state index in [0.29, 0.717) is 41.7 Å². The second-order valence-electron chi connectivity index (χ2n) is 9.81. The number of H-pyrrole nitrogens is 1. The summed E-state index contributed by atoms with van der Waals surface area (Å²) in [7, 11) is 0. The van der Waals surface area contributed by atoms with Crippen molar-refractivity contribution in [3.8, 4) is 5.75 Å². The van der Waals surface area contributed by atoms with Crippen molar-refractivity contribution in [3.05, 3.63) is 142 Å². The lowest BCUT2D eigenvalue weighted by atomic mass is 9.99. The summed E-state index contributed by atoms with van der Waals surface area (Å²) in [5, 5.41) is 30.7. The van der Waals surface area contributed by atoms with Crippen molar-refractivity contribution in [2.75, 3.05) is 18.4 Å². The number of hydrogen-bond donors (Lipinski definition) is 6. The van der Waals surface area contributed by atoms with E-state index in [2.05, 4.69) is 20.9 Å². The molecule has 0 saturated heterocycles. The van der Waals surface area contributed by atoms with Gasteiger partial charge in [0.25, 0.3) is 0 Å². The van der Waals surface area contributed by atoms with Gasteiger partial charge in [-0.05, 0) is 59.5 Å². The van der Waals surface area contributed by atoms with E-state index in [9.17, 15) is 19.8 Å². The van der Waals surface area contributed by atoms with Crippen LogP contribution in [0, 0.1) is 0 Å². The molecule has 0 aliphatic heterocycles. The average Bonchev–Trinajstić information content (AvgIpc) is 2.99. The van der Waals surface area contributed by atoms with Crippen molar-refractivity contribution >= 4 is 22.6 Å². The fourth-order valence-corrected chi connectivity index (χ4v) is 4.88. The first kappa shape index (κ1) is 27.6. The Labute approximate surface area is 237 Å². The van der Waals surface area contributed by atoms with Crippen molar-refractivity contribution in [2.45, 2.75) is 18.6 Å². The number of amides is 2. The van der Waals surface area contributed by atoms with Crippen LogP contribution in [0.25, 0.3) is 10.9 Å². The van der Waals surface area contributed by atoms with Gasteiger partial charge in [-0.25, -0.2) is 4.79 Å². The fourth-order valence-electron chi connectivity index (χ4n) is 4.88. The van der Waals surface area contributed by atoms with Crippen molar-refractivity contribution in [3.63, 3.8) is 0 Å². The highest BCUT2D eigenvalue weighted by atomic mass is 16.3. The molecule has 8 heteroatoms. The largest absolute Gasteiger partial charge is 0.506 e. The second kappa shape index (κ2) is 13.0. The van der Waals surface area contributed by atoms with E-state index in [1.807, 2.05) is 84.9 Å². The van der Waals surface area contributed by atoms with Gasteiger partial charge in [0.1, 0.15) is 5.75 Å². The zero-order valence-corrected chi connectivity index (χ0v) is 22.4. The van der Waals surface area contributed by atoms with Gasteiger partial charge in [0.05, 0.1) is 17.7 Å². The SMILES string of the molecule is O=C(Nc1cccc(CCNCC(O)c2ccc(O)c3[nH]c(=O)ccc23)c1)NC(c1ccccc1)c1ccccc1. The van der Waals surface area contributed by atoms with Crippen LogP contribution in [-0.2, 0) is 6.42 Å². The first-order valence-corrected chi connectivity index (χ1v) is 13.5. The quantitative estimate of drug-likeness (QED) is 0.137. The Bertz CT molecular complexity index is 1630. The normalized spacial score (nSPS) is 11.9. The third-order valence-corrected chi connectivity index (χ3v) is 6.92. The molecule has 1 aromatic heterocycles. The molecule has 0 bridgehead atoms. The Morgan fingerprint density at radius 1 is 0.829 bits per heavy atom. The predicted octanol–water partition coefficient (Wildman–Crippen LogP) is 5.01. The van der Waals surface area contributed by atoms with E-state index in [1.165, 1.54) is 12.1 Å². The van der Waals surface area contributed by atoms with Crippen LogP contribution in [0.3, 0.4) is 0 Å². The third kappa shape index (κ3) is 7.00. The molecule has 1 unspecified atom stereocenters. The van der Waals surface area contributed by atoms with Crippen LogP contribution in [0.1, 0.15) is 34.4 Å². The number of phenols is 1. The number of aliphatic hydroxyl groups excluding tert-OH is 1. The summed E-state index contributed by atoms with van der Waals surface area (Å²) >= 11 is 0. The molecule has 208 valence electrons. The number of benzene rings is 4. The van der Waals surface area contributed by atoms with Crippen LogP contribution in [0.5, 0.6) is 5.75 Å². The molecule has 2 amide bonds. The van der Waals surface area contributed by atoms with Crippen LogP contribution in [0.2, 0.25) is 0 Å². The van der Waals surface area contributed by atoms with E-state index in [1.54, 1.807) is 12.1 Å². The number of hydrogen-bond acceptors (Lipinski definition) is 5. The highest BCUT2D eigenvalue weighted by Crippen LogP contribution is 2.28. The summed E-state index contributed by atoms with van der Waals surface area (Å²) in [6.07, 6.45) is -0.146. The van der Waals surface area contributed by atoms with Gasteiger partial charge in [0.2, 0.25) is 5.56 Å². The van der Waals surface area contributed by atoms with E-state index in [0.717, 1.165) is 16.7 Å². The number of anilines is 1. The summed E-state index contributed by atoms with van der Waals surface area (Å²) in [6.45, 7) is 0.892. The van der Waals surface area contributed by atoms with Crippen molar-refractivity contribution in [2.24, 2.45) is 0 Å². The van der Waals surface area contributed by atoms with Gasteiger partial charge in [-0.15, -0.1) is 0 Å². The van der Waals surface area contributed by atoms with Crippen LogP contribution < -0.4 is 21.5 Å². The lowest BCUT2D eigenvalue weighted by Gasteiger charge is -2.20. The van der Waals surface area contributed by atoms with E-state index in [4.69, 9.17) is 0 Å². The second-order valence-corrected chi connectivity index (χ2v) is 9.81. The molecule has 1 heterocycles. The molecular formula is C33H32N4O4. The molecule has 0 spiro atoms. The van der Waals surface area contributed by atoms with Gasteiger partial charge < -0.3 is 31.1 Å². The molecule has 0 aliphatic carbocycles. The Hall–Kier alpha value is -4.92. The molecular weight excluding hydrogens is 516 g/mol. The molecule has 0 fully saturated rings. The number of aromatic hydroxyl groups is 1. The summed E-state index contributed by atoms with van der Waals surface area (Å²) in [5.41, 5.74) is 4.29. The summed E-state index contributed by atoms with van der Waals surface area (Å²) in [5.74, 6) is -0.0422. The lowest BCUT2D eigenvalue weighted by Crippen LogP contribution is -2.33. The Morgan fingerprint density at radius 2 is 1.54 bits per heavy atom. The smallest absolute Gasteiger partial charge is 0.319 e. The number of pyridine rings is 1. The molecule has 8 nitrogen and oxygen atoms in total. The number of urea groups is 1. The molecule has 6 N–H and O–H groups in total. The number of aromatic amines is 1. The van der Waals surface area contributed by atoms with E-state index < -0.39 is 6.10 Å². The zero-order chi connectivity index (χ0) is 28.6. The number of carbonyl (C=O) groups is 1. The average molecular weight is 549 g/mol. The van der Waals surface area contributed by atoms with Crippen molar-refractivity contribution in [1.82, 2.24) is 15.6 Å². The minimum Gasteiger partial charge on any atom is -0.506 e. The standard InChI is InChI=1S/C33H32N4O4/c38-28-16-14-26(27-15-17-30(40)36-32(27)28)29(39)21-34-19-18-22-8-7-13-25(20-22)35-33(41)37-31(23-9-3-1-4-10-23)24-11-5-2-6-12-24/h1-17,20,29,31,34,38-39H,18-19,21H2,(H,36,40)(H2,35,37,41). The molecule has 0 aliphatic rings. The summed E-state index contributed by atoms with van der Waals surface area (Å²) < 4.78 is 0. The van der Waals surface area contributed by atoms with E-state index in [-0.39, 0.29) is 23.4 Å². The van der Waals surface area contributed by atoms with Crippen LogP contribution in [0.4, 0.5) is 10.5 Å². The lowest BCUT2D eigenvalue weighted by molar-refractivity contribution is 0.176. The van der Waals surface area contributed by atoms with Crippen LogP contribution in [-0.4, -0.2) is 34.3 Å². The van der Waals surface area contributed by atoms with Crippen LogP contribution >= 0.6 is 0 Å². The molecule has 0 radical (unpaired) electrons. The number of aliphatic hydroxyl groups is 1. The maximum absolute atomic E-state index is 13.0. The Kier molecular flexibility index (Phi) is 8.73. The van der Waals surface area contributed by atoms with Gasteiger partial charge in [0.15, 0.2) is 0 Å². The first-order valence-electron chi connectivity index (χ1n) is 13.5. The van der Waals surface area contributed by atoms with Crippen LogP contribution in [0.15, 0.2) is 114 Å². The molecule has 0 saturated carbocycles. The predicted molar refractivity (Wildman–Crippen MR) is 161 cm³/mol. The first-order chi connectivity index (χ1) is 20.0. The highest BCUT2D eigenvalue weighted by molar-refractivity contribution is 5.90. The van der Waals surface area contributed by atoms with Gasteiger partial charge >= 0.3 is 6.03 Å². The minimum absolute atomic E-state index is 0.0422. The molecule has 1 atom stereocenters. The number of aromatic nitrogens is 1. The summed E-state index contributed by atoms with van der Waals surface area (Å²) in [4.78, 5) is 27.2. The topological polar surface area (TPSA) is 126 Å². The van der Waals surface area contributed by atoms with Gasteiger partial charge in [-0.2, -0.15) is 0 Å². The number of phenolic OH excluding ortho intramolecular Hbond substituents is 1. The molecule has 5 rings (SSSR count).